The fourth-order valence-electron chi connectivity index (χ4n) is 1.50. The predicted molar refractivity (Wildman–Crippen MR) is 81.2 cm³/mol. The number of aromatic carboxylic acids is 1. The predicted octanol–water partition coefficient (Wildman–Crippen LogP) is 3.00. The smallest absolute Gasteiger partial charge is 0.354 e. The van der Waals surface area contributed by atoms with Crippen molar-refractivity contribution in [3.63, 3.8) is 0 Å². The molecule has 0 aliphatic carbocycles. The number of anilines is 1. The molecule has 2 rings (SSSR count). The SMILES string of the molecule is O=C(O)c1cccc(NS(=O)(=O)c2ccc(Br)cc2Cl)n1. The highest BCUT2D eigenvalue weighted by atomic mass is 79.9. The van der Waals surface area contributed by atoms with Crippen molar-refractivity contribution in [1.29, 1.82) is 0 Å². The van der Waals surface area contributed by atoms with E-state index in [0.29, 0.717) is 4.47 Å². The number of carboxylic acid groups (broad SMARTS) is 1. The molecule has 0 atom stereocenters. The molecule has 2 aromatic rings. The summed E-state index contributed by atoms with van der Waals surface area (Å²) in [5.41, 5.74) is -0.267. The van der Waals surface area contributed by atoms with Gasteiger partial charge < -0.3 is 5.11 Å². The summed E-state index contributed by atoms with van der Waals surface area (Å²) in [5, 5.41) is 8.87. The third-order valence-corrected chi connectivity index (χ3v) is 4.72. The van der Waals surface area contributed by atoms with E-state index in [9.17, 15) is 13.2 Å². The third kappa shape index (κ3) is 3.72. The molecule has 0 spiro atoms. The minimum Gasteiger partial charge on any atom is -0.477 e. The maximum Gasteiger partial charge on any atom is 0.354 e. The molecule has 0 radical (unpaired) electrons. The molecule has 21 heavy (non-hydrogen) atoms. The van der Waals surface area contributed by atoms with Crippen LogP contribution in [0, 0.1) is 0 Å². The number of halogens is 2. The van der Waals surface area contributed by atoms with Crippen LogP contribution < -0.4 is 4.72 Å². The summed E-state index contributed by atoms with van der Waals surface area (Å²) < 4.78 is 27.3. The van der Waals surface area contributed by atoms with Crippen LogP contribution in [0.3, 0.4) is 0 Å². The quantitative estimate of drug-likeness (QED) is 0.835. The summed E-state index contributed by atoms with van der Waals surface area (Å²) in [7, 11) is -3.96. The summed E-state index contributed by atoms with van der Waals surface area (Å²) in [5.74, 6) is -1.35. The summed E-state index contributed by atoms with van der Waals surface area (Å²) in [6.07, 6.45) is 0. The van der Waals surface area contributed by atoms with Crippen molar-refractivity contribution in [3.05, 3.63) is 51.6 Å². The van der Waals surface area contributed by atoms with Crippen molar-refractivity contribution in [2.45, 2.75) is 4.90 Å². The Bertz CT molecular complexity index is 811. The second-order valence-electron chi connectivity index (χ2n) is 3.89. The molecular formula is C12H8BrClN2O4S. The van der Waals surface area contributed by atoms with E-state index in [-0.39, 0.29) is 21.4 Å². The highest BCUT2D eigenvalue weighted by molar-refractivity contribution is 9.10. The largest absolute Gasteiger partial charge is 0.477 e. The van der Waals surface area contributed by atoms with E-state index in [1.807, 2.05) is 0 Å². The van der Waals surface area contributed by atoms with Gasteiger partial charge in [0.25, 0.3) is 10.0 Å². The molecule has 1 aromatic heterocycles. The number of carbonyl (C=O) groups is 1. The van der Waals surface area contributed by atoms with Crippen LogP contribution in [0.2, 0.25) is 5.02 Å². The van der Waals surface area contributed by atoms with Gasteiger partial charge >= 0.3 is 5.97 Å². The summed E-state index contributed by atoms with van der Waals surface area (Å²) in [4.78, 5) is 14.4. The fraction of sp³-hybridized carbons (Fsp3) is 0. The Hall–Kier alpha value is -1.64. The Morgan fingerprint density at radius 2 is 2.00 bits per heavy atom. The van der Waals surface area contributed by atoms with Gasteiger partial charge in [-0.2, -0.15) is 0 Å². The number of aromatic nitrogens is 1. The van der Waals surface area contributed by atoms with Crippen LogP contribution in [0.4, 0.5) is 5.82 Å². The van der Waals surface area contributed by atoms with Gasteiger partial charge in [-0.3, -0.25) is 4.72 Å². The van der Waals surface area contributed by atoms with Crippen LogP contribution in [-0.4, -0.2) is 24.5 Å². The van der Waals surface area contributed by atoms with E-state index < -0.39 is 16.0 Å². The monoisotopic (exact) mass is 390 g/mol. The molecule has 0 bridgehead atoms. The standard InChI is InChI=1S/C12H8BrClN2O4S/c13-7-4-5-10(8(14)6-7)21(19,20)16-11-3-1-2-9(15-11)12(17)18/h1-6H,(H,15,16)(H,17,18). The zero-order valence-electron chi connectivity index (χ0n) is 10.2. The second-order valence-corrected chi connectivity index (χ2v) is 6.87. The molecule has 6 nitrogen and oxygen atoms in total. The summed E-state index contributed by atoms with van der Waals surface area (Å²) in [6, 6.07) is 8.29. The van der Waals surface area contributed by atoms with Crippen LogP contribution >= 0.6 is 27.5 Å². The van der Waals surface area contributed by atoms with Crippen molar-refractivity contribution >= 4 is 49.3 Å². The highest BCUT2D eigenvalue weighted by Gasteiger charge is 2.19. The molecule has 0 aliphatic heterocycles. The van der Waals surface area contributed by atoms with E-state index >= 15 is 0 Å². The van der Waals surface area contributed by atoms with Gasteiger partial charge in [0.15, 0.2) is 5.69 Å². The zero-order chi connectivity index (χ0) is 15.6. The number of nitrogens with zero attached hydrogens (tertiary/aromatic N) is 1. The number of carboxylic acids is 1. The summed E-state index contributed by atoms with van der Waals surface area (Å²) >= 11 is 9.08. The Balaban J connectivity index is 2.37. The summed E-state index contributed by atoms with van der Waals surface area (Å²) in [6.45, 7) is 0. The molecule has 110 valence electrons. The van der Waals surface area contributed by atoms with E-state index in [4.69, 9.17) is 16.7 Å². The first-order valence-corrected chi connectivity index (χ1v) is 8.13. The van der Waals surface area contributed by atoms with Crippen molar-refractivity contribution in [1.82, 2.24) is 4.98 Å². The number of pyridine rings is 1. The maximum absolute atomic E-state index is 12.2. The van der Waals surface area contributed by atoms with Crippen LogP contribution in [-0.2, 0) is 10.0 Å². The molecule has 0 fully saturated rings. The van der Waals surface area contributed by atoms with Gasteiger partial charge in [0.1, 0.15) is 10.7 Å². The van der Waals surface area contributed by atoms with Crippen LogP contribution in [0.25, 0.3) is 0 Å². The molecule has 2 N–H and O–H groups in total. The number of sulfonamides is 1. The van der Waals surface area contributed by atoms with Gasteiger partial charge in [-0.05, 0) is 30.3 Å². The highest BCUT2D eigenvalue weighted by Crippen LogP contribution is 2.26. The number of rotatable bonds is 4. The van der Waals surface area contributed by atoms with Crippen molar-refractivity contribution in [2.24, 2.45) is 0 Å². The first-order valence-electron chi connectivity index (χ1n) is 5.48. The molecule has 0 aliphatic rings. The van der Waals surface area contributed by atoms with E-state index in [0.717, 1.165) is 0 Å². The lowest BCUT2D eigenvalue weighted by Crippen LogP contribution is -2.15. The van der Waals surface area contributed by atoms with Gasteiger partial charge in [0, 0.05) is 4.47 Å². The van der Waals surface area contributed by atoms with Crippen LogP contribution in [0.15, 0.2) is 45.8 Å². The number of benzene rings is 1. The first kappa shape index (κ1) is 15.7. The lowest BCUT2D eigenvalue weighted by Gasteiger charge is -2.09. The molecule has 1 aromatic carbocycles. The van der Waals surface area contributed by atoms with Gasteiger partial charge in [-0.25, -0.2) is 18.2 Å². The molecule has 1 heterocycles. The Labute approximate surface area is 134 Å². The third-order valence-electron chi connectivity index (χ3n) is 2.39. The lowest BCUT2D eigenvalue weighted by atomic mass is 10.3. The average Bonchev–Trinajstić information content (AvgIpc) is 2.37. The topological polar surface area (TPSA) is 96.4 Å². The normalized spacial score (nSPS) is 11.1. The second kappa shape index (κ2) is 6.00. The number of nitrogens with one attached hydrogen (secondary N) is 1. The lowest BCUT2D eigenvalue weighted by molar-refractivity contribution is 0.0690. The van der Waals surface area contributed by atoms with Gasteiger partial charge in [0.2, 0.25) is 0 Å². The van der Waals surface area contributed by atoms with Gasteiger partial charge in [-0.15, -0.1) is 0 Å². The molecular weight excluding hydrogens is 384 g/mol. The maximum atomic E-state index is 12.2. The van der Waals surface area contributed by atoms with Crippen LogP contribution in [0.1, 0.15) is 10.5 Å². The minimum absolute atomic E-state index is 0.0336. The number of hydrogen-bond acceptors (Lipinski definition) is 4. The van der Waals surface area contributed by atoms with Gasteiger partial charge in [0.05, 0.1) is 5.02 Å². The van der Waals surface area contributed by atoms with Crippen molar-refractivity contribution in [3.8, 4) is 0 Å². The Kier molecular flexibility index (Phi) is 4.50. The average molecular weight is 392 g/mol. The van der Waals surface area contributed by atoms with E-state index in [2.05, 4.69) is 25.6 Å². The molecule has 0 unspecified atom stereocenters. The molecule has 0 saturated heterocycles. The van der Waals surface area contributed by atoms with Crippen LogP contribution in [0.5, 0.6) is 0 Å². The van der Waals surface area contributed by atoms with Crippen molar-refractivity contribution in [2.75, 3.05) is 4.72 Å². The molecule has 0 amide bonds. The first-order chi connectivity index (χ1) is 9.79. The van der Waals surface area contributed by atoms with E-state index in [1.54, 1.807) is 0 Å². The van der Waals surface area contributed by atoms with Crippen molar-refractivity contribution < 1.29 is 18.3 Å². The Morgan fingerprint density at radius 3 is 2.62 bits per heavy atom. The van der Waals surface area contributed by atoms with E-state index in [1.165, 1.54) is 36.4 Å². The molecule has 0 saturated carbocycles. The number of hydrogen-bond donors (Lipinski definition) is 2. The minimum atomic E-state index is -3.96. The Morgan fingerprint density at radius 1 is 1.29 bits per heavy atom. The zero-order valence-corrected chi connectivity index (χ0v) is 13.4. The van der Waals surface area contributed by atoms with Gasteiger partial charge in [-0.1, -0.05) is 33.6 Å². The fourth-order valence-corrected chi connectivity index (χ4v) is 3.54. The molecule has 9 heteroatoms.